The molecule has 0 spiro atoms. The van der Waals surface area contributed by atoms with E-state index in [2.05, 4.69) is 307 Å². The number of aromatic nitrogens is 2. The van der Waals surface area contributed by atoms with E-state index in [4.69, 9.17) is 0 Å². The van der Waals surface area contributed by atoms with E-state index in [9.17, 15) is 0 Å². The fourth-order valence-corrected chi connectivity index (χ4v) is 13.9. The standard InChI is InChI=1S/C78H81BN4/c1-73(2,3)48-26-33-62-56(36-48)57-37-49(74(4,5)6)27-34-63(57)81(62)55-31-32-60-65(45-55)80(54-29-24-47(25-30-54)46-22-20-19-21-23-46)66-41-53(78(16,17)18)42-67-70(66)79(60)61-40-52(77(13,14)15)44-69-72(61)83(67)68-43-51(76(10,11)12)39-59-58-38-50(75(7,8)9)28-35-64(58)82(69)71(59)68/h19-45H,1-18H3. The Hall–Kier alpha value is -7.76. The van der Waals surface area contributed by atoms with E-state index in [1.165, 1.54) is 139 Å². The summed E-state index contributed by atoms with van der Waals surface area (Å²) >= 11 is 0. The maximum absolute atomic E-state index is 2.73. The van der Waals surface area contributed by atoms with Crippen LogP contribution in [0.4, 0.5) is 34.1 Å². The lowest BCUT2D eigenvalue weighted by molar-refractivity contribution is 0.589. The third-order valence-electron chi connectivity index (χ3n) is 18.9. The molecule has 3 aliphatic heterocycles. The molecule has 14 rings (SSSR count). The molecule has 5 heteroatoms. The van der Waals surface area contributed by atoms with Gasteiger partial charge in [-0.25, -0.2) is 0 Å². The van der Waals surface area contributed by atoms with Gasteiger partial charge in [0.05, 0.1) is 39.1 Å². The summed E-state index contributed by atoms with van der Waals surface area (Å²) in [5.74, 6) is 0. The Kier molecular flexibility index (Phi) is 11.2. The number of benzene rings is 9. The summed E-state index contributed by atoms with van der Waals surface area (Å²) < 4.78 is 5.21. The molecule has 83 heavy (non-hydrogen) atoms. The van der Waals surface area contributed by atoms with Gasteiger partial charge in [-0.3, -0.25) is 0 Å². The smallest absolute Gasteiger partial charge is 0.252 e. The third-order valence-corrected chi connectivity index (χ3v) is 18.9. The van der Waals surface area contributed by atoms with Crippen LogP contribution in [-0.2, 0) is 32.5 Å². The van der Waals surface area contributed by atoms with Crippen molar-refractivity contribution >= 4 is 101 Å². The van der Waals surface area contributed by atoms with Crippen LogP contribution in [-0.4, -0.2) is 15.8 Å². The highest BCUT2D eigenvalue weighted by atomic mass is 15.2. The summed E-state index contributed by atoms with van der Waals surface area (Å²) in [6.07, 6.45) is 0. The molecule has 0 saturated carbocycles. The normalized spacial score (nSPS) is 14.3. The second-order valence-corrected chi connectivity index (χ2v) is 30.9. The van der Waals surface area contributed by atoms with Crippen LogP contribution in [0.1, 0.15) is 158 Å². The first-order chi connectivity index (χ1) is 38.9. The average Bonchev–Trinajstić information content (AvgIpc) is 1.75. The Labute approximate surface area is 493 Å². The van der Waals surface area contributed by atoms with Crippen molar-refractivity contribution in [2.45, 2.75) is 157 Å². The maximum atomic E-state index is 2.73. The van der Waals surface area contributed by atoms with Gasteiger partial charge in [-0.05, 0) is 184 Å². The van der Waals surface area contributed by atoms with Crippen molar-refractivity contribution in [2.75, 3.05) is 9.80 Å². The molecule has 4 nitrogen and oxygen atoms in total. The van der Waals surface area contributed by atoms with Crippen molar-refractivity contribution in [2.24, 2.45) is 0 Å². The lowest BCUT2D eigenvalue weighted by Crippen LogP contribution is -2.62. The van der Waals surface area contributed by atoms with Gasteiger partial charge in [-0.15, -0.1) is 0 Å². The number of anilines is 6. The maximum Gasteiger partial charge on any atom is 0.252 e. The predicted molar refractivity (Wildman–Crippen MR) is 360 cm³/mol. The van der Waals surface area contributed by atoms with E-state index in [0.717, 1.165) is 11.4 Å². The van der Waals surface area contributed by atoms with Crippen LogP contribution >= 0.6 is 0 Å². The summed E-state index contributed by atoms with van der Waals surface area (Å²) in [7, 11) is 0. The topological polar surface area (TPSA) is 16.3 Å². The second kappa shape index (κ2) is 17.4. The molecule has 2 aromatic heterocycles. The Morgan fingerprint density at radius 3 is 1.24 bits per heavy atom. The molecule has 9 aromatic carbocycles. The van der Waals surface area contributed by atoms with Crippen molar-refractivity contribution in [3.05, 3.63) is 197 Å². The Bertz CT molecular complexity index is 4470. The van der Waals surface area contributed by atoms with Gasteiger partial charge in [-0.2, -0.15) is 0 Å². The van der Waals surface area contributed by atoms with Crippen LogP contribution in [0, 0.1) is 0 Å². The van der Waals surface area contributed by atoms with Crippen LogP contribution in [0.2, 0.25) is 0 Å². The van der Waals surface area contributed by atoms with E-state index in [1.807, 2.05) is 0 Å². The number of nitrogens with zero attached hydrogens (tertiary/aromatic N) is 4. The van der Waals surface area contributed by atoms with Crippen molar-refractivity contribution in [3.63, 3.8) is 0 Å². The van der Waals surface area contributed by atoms with Gasteiger partial charge < -0.3 is 18.9 Å². The number of rotatable bonds is 3. The minimum Gasteiger partial charge on any atom is -0.311 e. The van der Waals surface area contributed by atoms with Crippen LogP contribution in [0.25, 0.3) is 66.1 Å². The zero-order valence-electron chi connectivity index (χ0n) is 52.5. The van der Waals surface area contributed by atoms with Gasteiger partial charge in [0.1, 0.15) is 0 Å². The van der Waals surface area contributed by atoms with Crippen molar-refractivity contribution in [1.29, 1.82) is 0 Å². The zero-order valence-corrected chi connectivity index (χ0v) is 52.5. The quantitative estimate of drug-likeness (QED) is 0.164. The molecule has 0 bridgehead atoms. The molecule has 0 unspecified atom stereocenters. The van der Waals surface area contributed by atoms with E-state index < -0.39 is 0 Å². The van der Waals surface area contributed by atoms with E-state index in [-0.39, 0.29) is 39.2 Å². The van der Waals surface area contributed by atoms with E-state index in [0.29, 0.717) is 0 Å². The molecule has 0 saturated heterocycles. The van der Waals surface area contributed by atoms with Gasteiger partial charge in [0.15, 0.2) is 0 Å². The molecule has 3 aliphatic rings. The minimum absolute atomic E-state index is 0.00293. The first-order valence-corrected chi connectivity index (χ1v) is 30.4. The SMILES string of the molecule is CC(C)(C)c1cc2c3c(c1)N1c4c(cc(C(C)(C)C)cc4-n4c5ccc(C(C)(C)C)cc5c5cc(C(C)(C)C)cc1c54)B3c1ccc(-n3c4ccc(C(C)(C)C)cc4c4cc(C(C)(C)C)ccc43)cc1N2c1ccc(-c2ccccc2)cc1. The van der Waals surface area contributed by atoms with Crippen LogP contribution < -0.4 is 26.2 Å². The molecule has 0 amide bonds. The molecule has 11 aromatic rings. The minimum atomic E-state index is -0.178. The summed E-state index contributed by atoms with van der Waals surface area (Å²) in [6, 6.07) is 64.8. The molecule has 0 N–H and O–H groups in total. The summed E-state index contributed by atoms with van der Waals surface area (Å²) in [5.41, 5.74) is 28.8. The first-order valence-electron chi connectivity index (χ1n) is 30.4. The highest BCUT2D eigenvalue weighted by Crippen LogP contribution is 2.55. The fourth-order valence-electron chi connectivity index (χ4n) is 13.9. The summed E-state index contributed by atoms with van der Waals surface area (Å²) in [4.78, 5) is 5.37. The summed E-state index contributed by atoms with van der Waals surface area (Å²) in [6.45, 7) is 42.4. The monoisotopic (exact) mass is 1080 g/mol. The van der Waals surface area contributed by atoms with Crippen molar-refractivity contribution in [3.8, 4) is 22.5 Å². The van der Waals surface area contributed by atoms with Crippen LogP contribution in [0.5, 0.6) is 0 Å². The molecule has 0 atom stereocenters. The van der Waals surface area contributed by atoms with E-state index >= 15 is 0 Å². The van der Waals surface area contributed by atoms with Crippen LogP contribution in [0.15, 0.2) is 164 Å². The van der Waals surface area contributed by atoms with Gasteiger partial charge in [0, 0.05) is 50.0 Å². The largest absolute Gasteiger partial charge is 0.311 e. The fraction of sp³-hybridized carbons (Fsp3) is 0.308. The lowest BCUT2D eigenvalue weighted by atomic mass is 9.33. The molecule has 5 heterocycles. The van der Waals surface area contributed by atoms with Gasteiger partial charge >= 0.3 is 0 Å². The molecular formula is C78H81BN4. The molecule has 416 valence electrons. The number of hydrogen-bond donors (Lipinski definition) is 0. The third kappa shape index (κ3) is 8.14. The van der Waals surface area contributed by atoms with Gasteiger partial charge in [0.2, 0.25) is 0 Å². The van der Waals surface area contributed by atoms with Crippen LogP contribution in [0.3, 0.4) is 0 Å². The average molecular weight is 1090 g/mol. The lowest BCUT2D eigenvalue weighted by Gasteiger charge is -2.47. The predicted octanol–water partition coefficient (Wildman–Crippen LogP) is 19.7. The Morgan fingerprint density at radius 1 is 0.289 bits per heavy atom. The van der Waals surface area contributed by atoms with E-state index in [1.54, 1.807) is 0 Å². The Morgan fingerprint density at radius 2 is 0.711 bits per heavy atom. The van der Waals surface area contributed by atoms with Crippen molar-refractivity contribution in [1.82, 2.24) is 9.13 Å². The zero-order chi connectivity index (χ0) is 58.6. The van der Waals surface area contributed by atoms with Gasteiger partial charge in [-0.1, -0.05) is 197 Å². The number of hydrogen-bond acceptors (Lipinski definition) is 2. The highest BCUT2D eigenvalue weighted by Gasteiger charge is 2.48. The second-order valence-electron chi connectivity index (χ2n) is 30.9. The summed E-state index contributed by atoms with van der Waals surface area (Å²) in [5, 5.41) is 5.22. The van der Waals surface area contributed by atoms with Crippen molar-refractivity contribution < 1.29 is 0 Å². The number of fused-ring (bicyclic) bond motifs is 12. The van der Waals surface area contributed by atoms with Gasteiger partial charge in [0.25, 0.3) is 6.71 Å². The molecular weight excluding hydrogens is 1000 g/mol. The molecule has 0 aliphatic carbocycles. The first kappa shape index (κ1) is 53.3. The molecule has 0 radical (unpaired) electrons. The molecule has 0 fully saturated rings. The highest BCUT2D eigenvalue weighted by molar-refractivity contribution is 7.00. The Balaban J connectivity index is 1.12.